The van der Waals surface area contributed by atoms with Gasteiger partial charge in [0.25, 0.3) is 0 Å². The first kappa shape index (κ1) is 15.3. The molecule has 0 radical (unpaired) electrons. The lowest BCUT2D eigenvalue weighted by Gasteiger charge is -2.30. The Bertz CT molecular complexity index is 672. The summed E-state index contributed by atoms with van der Waals surface area (Å²) in [7, 11) is 0. The molecule has 0 saturated carbocycles. The third-order valence-electron chi connectivity index (χ3n) is 3.47. The minimum Gasteiger partial charge on any atom is -0.382 e. The van der Waals surface area contributed by atoms with E-state index in [4.69, 9.17) is 21.7 Å². The average molecular weight is 295 g/mol. The number of nitrogens with one attached hydrogen (secondary N) is 2. The normalized spacial score (nSPS) is 14.8. The first-order valence-corrected chi connectivity index (χ1v) is 7.03. The van der Waals surface area contributed by atoms with Gasteiger partial charge in [0.2, 0.25) is 5.71 Å². The number of hydrogen-bond acceptors (Lipinski definition) is 6. The number of nitriles is 2. The molecule has 0 bridgehead atoms. The highest BCUT2D eigenvalue weighted by atomic mass is 15.3. The van der Waals surface area contributed by atoms with Gasteiger partial charge in [0.15, 0.2) is 5.84 Å². The van der Waals surface area contributed by atoms with Gasteiger partial charge in [-0.1, -0.05) is 0 Å². The molecular formula is C15H17N7. The number of benzene rings is 1. The van der Waals surface area contributed by atoms with E-state index in [0.717, 1.165) is 31.6 Å². The van der Waals surface area contributed by atoms with Crippen LogP contribution in [0.1, 0.15) is 24.8 Å². The molecule has 1 fully saturated rings. The maximum absolute atomic E-state index is 9.04. The Morgan fingerprint density at radius 2 is 2.00 bits per heavy atom. The monoisotopic (exact) mass is 295 g/mol. The molecule has 0 unspecified atom stereocenters. The van der Waals surface area contributed by atoms with E-state index in [1.165, 1.54) is 6.42 Å². The van der Waals surface area contributed by atoms with Gasteiger partial charge in [0.05, 0.1) is 23.0 Å². The number of nitrogens with zero attached hydrogens (tertiary/aromatic N) is 4. The smallest absolute Gasteiger partial charge is 0.201 e. The van der Waals surface area contributed by atoms with Crippen LogP contribution in [0.3, 0.4) is 0 Å². The number of amidine groups is 1. The Kier molecular flexibility index (Phi) is 4.94. The van der Waals surface area contributed by atoms with Crippen LogP contribution in [0.5, 0.6) is 0 Å². The van der Waals surface area contributed by atoms with E-state index in [-0.39, 0.29) is 5.71 Å². The van der Waals surface area contributed by atoms with Crippen LogP contribution < -0.4 is 16.1 Å². The third kappa shape index (κ3) is 3.53. The second-order valence-corrected chi connectivity index (χ2v) is 4.99. The van der Waals surface area contributed by atoms with Gasteiger partial charge in [-0.05, 0) is 37.5 Å². The van der Waals surface area contributed by atoms with E-state index in [1.54, 1.807) is 18.2 Å². The van der Waals surface area contributed by atoms with Crippen LogP contribution in [0.2, 0.25) is 0 Å². The van der Waals surface area contributed by atoms with Crippen molar-refractivity contribution in [2.24, 2.45) is 10.8 Å². The fourth-order valence-electron chi connectivity index (χ4n) is 2.37. The number of hydrogen-bond donors (Lipinski definition) is 3. The molecule has 0 amide bonds. The molecule has 0 aliphatic carbocycles. The van der Waals surface area contributed by atoms with Gasteiger partial charge >= 0.3 is 0 Å². The van der Waals surface area contributed by atoms with Gasteiger partial charge < -0.3 is 10.6 Å². The van der Waals surface area contributed by atoms with Crippen LogP contribution in [0.4, 0.5) is 11.4 Å². The lowest BCUT2D eigenvalue weighted by molar-refractivity contribution is 0.578. The fourth-order valence-corrected chi connectivity index (χ4v) is 2.37. The number of piperidine rings is 1. The predicted molar refractivity (Wildman–Crippen MR) is 85.8 cm³/mol. The zero-order valence-electron chi connectivity index (χ0n) is 12.1. The summed E-state index contributed by atoms with van der Waals surface area (Å²) in [5.41, 5.74) is 9.92. The predicted octanol–water partition coefficient (Wildman–Crippen LogP) is 1.78. The van der Waals surface area contributed by atoms with Crippen molar-refractivity contribution in [3.63, 3.8) is 0 Å². The molecule has 7 nitrogen and oxygen atoms in total. The van der Waals surface area contributed by atoms with Crippen molar-refractivity contribution in [1.29, 1.82) is 15.9 Å². The summed E-state index contributed by atoms with van der Waals surface area (Å²) in [5.74, 6) is -0.397. The maximum atomic E-state index is 9.04. The minimum atomic E-state index is -0.397. The fraction of sp³-hybridized carbons (Fsp3) is 0.333. The van der Waals surface area contributed by atoms with Crippen LogP contribution in [0.25, 0.3) is 0 Å². The van der Waals surface area contributed by atoms with E-state index in [9.17, 15) is 0 Å². The first-order chi connectivity index (χ1) is 10.7. The quantitative estimate of drug-likeness (QED) is 0.443. The van der Waals surface area contributed by atoms with Crippen LogP contribution in [-0.4, -0.2) is 24.6 Å². The van der Waals surface area contributed by atoms with Crippen LogP contribution >= 0.6 is 0 Å². The number of rotatable bonds is 4. The molecule has 1 aromatic carbocycles. The highest BCUT2D eigenvalue weighted by Crippen LogP contribution is 2.29. The topological polar surface area (TPSA) is 125 Å². The molecule has 1 aromatic rings. The third-order valence-corrected chi connectivity index (χ3v) is 3.47. The van der Waals surface area contributed by atoms with E-state index in [1.807, 2.05) is 6.07 Å². The van der Waals surface area contributed by atoms with Crippen molar-refractivity contribution in [3.8, 4) is 12.1 Å². The molecule has 1 aliphatic rings. The molecule has 0 aromatic heterocycles. The largest absolute Gasteiger partial charge is 0.382 e. The second-order valence-electron chi connectivity index (χ2n) is 4.99. The Hall–Kier alpha value is -3.06. The van der Waals surface area contributed by atoms with Gasteiger partial charge in [0, 0.05) is 13.1 Å². The van der Waals surface area contributed by atoms with E-state index in [0.29, 0.717) is 11.3 Å². The highest BCUT2D eigenvalue weighted by Gasteiger charge is 2.15. The van der Waals surface area contributed by atoms with Crippen molar-refractivity contribution in [3.05, 3.63) is 23.8 Å². The van der Waals surface area contributed by atoms with Crippen LogP contribution in [0, 0.1) is 28.1 Å². The van der Waals surface area contributed by atoms with E-state index in [2.05, 4.69) is 21.5 Å². The molecule has 2 rings (SSSR count). The molecule has 1 saturated heterocycles. The molecule has 112 valence electrons. The summed E-state index contributed by atoms with van der Waals surface area (Å²) in [6.45, 7) is 1.89. The SMILES string of the molecule is N#C/C(=N\Nc1cc(C#N)ccc1N1CCCCC1)C(=N)N. The van der Waals surface area contributed by atoms with Crippen LogP contribution in [0.15, 0.2) is 23.3 Å². The van der Waals surface area contributed by atoms with Crippen LogP contribution in [-0.2, 0) is 0 Å². The van der Waals surface area contributed by atoms with Gasteiger partial charge in [-0.25, -0.2) is 0 Å². The lowest BCUT2D eigenvalue weighted by atomic mass is 10.1. The number of nitrogens with two attached hydrogens (primary N) is 1. The Balaban J connectivity index is 2.33. The standard InChI is InChI=1S/C15H17N7/c16-9-11-4-5-14(22-6-2-1-3-7-22)12(8-11)20-21-13(10-17)15(18)19/h4-5,8,20H,1-3,6-7H2,(H3,18,19)/b21-13+. The summed E-state index contributed by atoms with van der Waals surface area (Å²) in [6.07, 6.45) is 3.47. The summed E-state index contributed by atoms with van der Waals surface area (Å²) in [5, 5.41) is 29.1. The van der Waals surface area contributed by atoms with E-state index < -0.39 is 5.84 Å². The zero-order chi connectivity index (χ0) is 15.9. The van der Waals surface area contributed by atoms with Gasteiger partial charge in [-0.3, -0.25) is 10.8 Å². The second kappa shape index (κ2) is 7.09. The molecule has 4 N–H and O–H groups in total. The van der Waals surface area contributed by atoms with Crippen molar-refractivity contribution in [2.45, 2.75) is 19.3 Å². The Labute approximate surface area is 129 Å². The summed E-state index contributed by atoms with van der Waals surface area (Å²) < 4.78 is 0. The summed E-state index contributed by atoms with van der Waals surface area (Å²) >= 11 is 0. The molecule has 1 aliphatic heterocycles. The molecule has 0 spiro atoms. The number of anilines is 2. The molecular weight excluding hydrogens is 278 g/mol. The molecule has 1 heterocycles. The molecule has 7 heteroatoms. The zero-order valence-corrected chi connectivity index (χ0v) is 12.1. The maximum Gasteiger partial charge on any atom is 0.201 e. The average Bonchev–Trinajstić information content (AvgIpc) is 2.55. The summed E-state index contributed by atoms with van der Waals surface area (Å²) in [6, 6.07) is 9.16. The first-order valence-electron chi connectivity index (χ1n) is 7.03. The molecule has 22 heavy (non-hydrogen) atoms. The highest BCUT2D eigenvalue weighted by molar-refractivity contribution is 6.45. The Morgan fingerprint density at radius 3 is 2.59 bits per heavy atom. The van der Waals surface area contributed by atoms with Crippen molar-refractivity contribution < 1.29 is 0 Å². The number of hydrazone groups is 1. The van der Waals surface area contributed by atoms with E-state index >= 15 is 0 Å². The van der Waals surface area contributed by atoms with Gasteiger partial charge in [0.1, 0.15) is 6.07 Å². The van der Waals surface area contributed by atoms with Gasteiger partial charge in [-0.2, -0.15) is 15.6 Å². The Morgan fingerprint density at radius 1 is 1.27 bits per heavy atom. The lowest BCUT2D eigenvalue weighted by Crippen LogP contribution is -2.30. The van der Waals surface area contributed by atoms with Crippen molar-refractivity contribution in [2.75, 3.05) is 23.4 Å². The van der Waals surface area contributed by atoms with Gasteiger partial charge in [-0.15, -0.1) is 0 Å². The minimum absolute atomic E-state index is 0.188. The summed E-state index contributed by atoms with van der Waals surface area (Å²) in [4.78, 5) is 2.22. The van der Waals surface area contributed by atoms with Crippen molar-refractivity contribution >= 4 is 22.9 Å². The molecule has 0 atom stereocenters. The van der Waals surface area contributed by atoms with Crippen molar-refractivity contribution in [1.82, 2.24) is 0 Å².